The lowest BCUT2D eigenvalue weighted by Gasteiger charge is -2.62. The van der Waals surface area contributed by atoms with Crippen LogP contribution in [0.3, 0.4) is 0 Å². The van der Waals surface area contributed by atoms with Gasteiger partial charge in [-0.25, -0.2) is 0 Å². The van der Waals surface area contributed by atoms with Crippen molar-refractivity contribution in [1.82, 2.24) is 0 Å². The fourth-order valence-electron chi connectivity index (χ4n) is 9.83. The molecule has 2 nitrogen and oxygen atoms in total. The standard InChI is InChI=1S/C32H54O2/c1-8-9-10-11-12-13-14-24-17-21-32(7)26-15-16-27-29(3,4)28(34-23(2)33)19-20-30(27,5)25(26)18-22-31(24,32)6/h24,27-28H,8-22H2,1-7H3/t24-,27?,28-,30+,31+,32-/m0/s1. The molecule has 0 spiro atoms. The first-order chi connectivity index (χ1) is 16.0. The molecular formula is C32H54O2. The zero-order chi connectivity index (χ0) is 24.8. The molecule has 4 rings (SSSR count). The molecule has 4 aliphatic rings. The van der Waals surface area contributed by atoms with Crippen molar-refractivity contribution in [3.05, 3.63) is 11.1 Å². The Kier molecular flexibility index (Phi) is 7.41. The summed E-state index contributed by atoms with van der Waals surface area (Å²) in [5, 5.41) is 0. The highest BCUT2D eigenvalue weighted by Crippen LogP contribution is 2.72. The van der Waals surface area contributed by atoms with Crippen molar-refractivity contribution in [3.8, 4) is 0 Å². The van der Waals surface area contributed by atoms with E-state index in [0.29, 0.717) is 16.7 Å². The molecule has 34 heavy (non-hydrogen) atoms. The van der Waals surface area contributed by atoms with Crippen molar-refractivity contribution < 1.29 is 9.53 Å². The van der Waals surface area contributed by atoms with Crippen LogP contribution in [0.4, 0.5) is 0 Å². The van der Waals surface area contributed by atoms with E-state index in [4.69, 9.17) is 4.74 Å². The minimum absolute atomic E-state index is 0.0504. The number of rotatable bonds is 8. The number of allylic oxidation sites excluding steroid dienone is 2. The summed E-state index contributed by atoms with van der Waals surface area (Å²) in [7, 11) is 0. The molecule has 0 N–H and O–H groups in total. The van der Waals surface area contributed by atoms with E-state index < -0.39 is 0 Å². The molecule has 0 amide bonds. The summed E-state index contributed by atoms with van der Waals surface area (Å²) in [5.74, 6) is 1.42. The number of hydrogen-bond acceptors (Lipinski definition) is 2. The van der Waals surface area contributed by atoms with Gasteiger partial charge in [-0.2, -0.15) is 0 Å². The molecule has 2 heteroatoms. The summed E-state index contributed by atoms with van der Waals surface area (Å²) in [4.78, 5) is 11.8. The highest BCUT2D eigenvalue weighted by Gasteiger charge is 2.62. The third-order valence-corrected chi connectivity index (χ3v) is 12.1. The fraction of sp³-hybridized carbons (Fsp3) is 0.906. The normalized spacial score (nSPS) is 41.0. The van der Waals surface area contributed by atoms with Gasteiger partial charge in [-0.15, -0.1) is 0 Å². The number of carbonyl (C=O) groups excluding carboxylic acids is 1. The van der Waals surface area contributed by atoms with Gasteiger partial charge in [0.15, 0.2) is 0 Å². The molecule has 4 aliphatic carbocycles. The van der Waals surface area contributed by atoms with Gasteiger partial charge in [0.05, 0.1) is 0 Å². The molecule has 6 atom stereocenters. The van der Waals surface area contributed by atoms with Crippen LogP contribution in [-0.2, 0) is 9.53 Å². The summed E-state index contributed by atoms with van der Waals surface area (Å²) in [6.45, 7) is 16.6. The van der Waals surface area contributed by atoms with Gasteiger partial charge in [0.1, 0.15) is 6.10 Å². The summed E-state index contributed by atoms with van der Waals surface area (Å²) in [5.41, 5.74) is 4.95. The molecular weight excluding hydrogens is 416 g/mol. The lowest BCUT2D eigenvalue weighted by atomic mass is 9.43. The van der Waals surface area contributed by atoms with Crippen LogP contribution in [0.5, 0.6) is 0 Å². The van der Waals surface area contributed by atoms with Crippen LogP contribution in [-0.4, -0.2) is 12.1 Å². The van der Waals surface area contributed by atoms with Crippen LogP contribution >= 0.6 is 0 Å². The van der Waals surface area contributed by atoms with Crippen LogP contribution in [0.25, 0.3) is 0 Å². The molecule has 0 radical (unpaired) electrons. The zero-order valence-corrected chi connectivity index (χ0v) is 23.7. The molecule has 0 heterocycles. The van der Waals surface area contributed by atoms with Gasteiger partial charge >= 0.3 is 5.97 Å². The molecule has 0 aromatic carbocycles. The first kappa shape index (κ1) is 26.3. The molecule has 0 saturated heterocycles. The lowest BCUT2D eigenvalue weighted by Crippen LogP contribution is -2.55. The first-order valence-electron chi connectivity index (χ1n) is 14.9. The topological polar surface area (TPSA) is 26.3 Å². The summed E-state index contributed by atoms with van der Waals surface area (Å²) in [6, 6.07) is 0. The Bertz CT molecular complexity index is 793. The van der Waals surface area contributed by atoms with E-state index in [1.807, 2.05) is 11.1 Å². The molecule has 0 aromatic heterocycles. The number of unbranched alkanes of at least 4 members (excludes halogenated alkanes) is 5. The van der Waals surface area contributed by atoms with Gasteiger partial charge in [0, 0.05) is 12.3 Å². The third-order valence-electron chi connectivity index (χ3n) is 12.1. The van der Waals surface area contributed by atoms with Crippen LogP contribution in [0.2, 0.25) is 0 Å². The molecule has 0 aromatic rings. The highest BCUT2D eigenvalue weighted by molar-refractivity contribution is 5.66. The number of esters is 1. The highest BCUT2D eigenvalue weighted by atomic mass is 16.5. The fourth-order valence-corrected chi connectivity index (χ4v) is 9.83. The van der Waals surface area contributed by atoms with E-state index in [0.717, 1.165) is 12.3 Å². The molecule has 0 aliphatic heterocycles. The maximum absolute atomic E-state index is 11.8. The number of carbonyl (C=O) groups is 1. The van der Waals surface area contributed by atoms with Gasteiger partial charge in [-0.1, -0.05) is 91.2 Å². The summed E-state index contributed by atoms with van der Waals surface area (Å²) in [6.07, 6.45) is 20.3. The maximum Gasteiger partial charge on any atom is 0.302 e. The maximum atomic E-state index is 11.8. The molecule has 2 saturated carbocycles. The summed E-state index contributed by atoms with van der Waals surface area (Å²) >= 11 is 0. The largest absolute Gasteiger partial charge is 0.462 e. The Morgan fingerprint density at radius 3 is 2.26 bits per heavy atom. The molecule has 2 fully saturated rings. The third kappa shape index (κ3) is 4.11. The van der Waals surface area contributed by atoms with E-state index in [1.165, 1.54) is 89.9 Å². The van der Waals surface area contributed by atoms with Crippen molar-refractivity contribution in [2.45, 2.75) is 151 Å². The van der Waals surface area contributed by atoms with Crippen LogP contribution in [0.1, 0.15) is 145 Å². The van der Waals surface area contributed by atoms with E-state index in [1.54, 1.807) is 6.92 Å². The minimum atomic E-state index is -0.110. The lowest BCUT2D eigenvalue weighted by molar-refractivity contribution is -0.167. The Labute approximate surface area is 211 Å². The van der Waals surface area contributed by atoms with Gasteiger partial charge in [0.2, 0.25) is 0 Å². The van der Waals surface area contributed by atoms with E-state index in [2.05, 4.69) is 41.5 Å². The Morgan fingerprint density at radius 2 is 1.56 bits per heavy atom. The van der Waals surface area contributed by atoms with E-state index in [9.17, 15) is 4.79 Å². The summed E-state index contributed by atoms with van der Waals surface area (Å²) < 4.78 is 5.87. The van der Waals surface area contributed by atoms with Gasteiger partial charge < -0.3 is 4.74 Å². The minimum Gasteiger partial charge on any atom is -0.462 e. The van der Waals surface area contributed by atoms with Crippen LogP contribution in [0, 0.1) is 33.5 Å². The second-order valence-electron chi connectivity index (χ2n) is 14.0. The average molecular weight is 471 g/mol. The van der Waals surface area contributed by atoms with Crippen molar-refractivity contribution >= 4 is 5.97 Å². The van der Waals surface area contributed by atoms with Crippen molar-refractivity contribution in [1.29, 1.82) is 0 Å². The van der Waals surface area contributed by atoms with E-state index in [-0.39, 0.29) is 22.9 Å². The average Bonchev–Trinajstić information content (AvgIpc) is 3.04. The Hall–Kier alpha value is -0.790. The predicted molar refractivity (Wildman–Crippen MR) is 143 cm³/mol. The smallest absolute Gasteiger partial charge is 0.302 e. The monoisotopic (exact) mass is 470 g/mol. The van der Waals surface area contributed by atoms with Crippen molar-refractivity contribution in [3.63, 3.8) is 0 Å². The molecule has 194 valence electrons. The molecule has 0 bridgehead atoms. The van der Waals surface area contributed by atoms with Gasteiger partial charge in [-0.05, 0) is 85.9 Å². The van der Waals surface area contributed by atoms with Crippen molar-refractivity contribution in [2.75, 3.05) is 0 Å². The quantitative estimate of drug-likeness (QED) is 0.200. The predicted octanol–water partition coefficient (Wildman–Crippen LogP) is 9.42. The van der Waals surface area contributed by atoms with Crippen LogP contribution in [0.15, 0.2) is 11.1 Å². The number of ether oxygens (including phenoxy) is 1. The van der Waals surface area contributed by atoms with Gasteiger partial charge in [-0.3, -0.25) is 4.79 Å². The first-order valence-corrected chi connectivity index (χ1v) is 14.9. The van der Waals surface area contributed by atoms with Gasteiger partial charge in [0.25, 0.3) is 0 Å². The number of fused-ring (bicyclic) bond motifs is 4. The van der Waals surface area contributed by atoms with Crippen LogP contribution < -0.4 is 0 Å². The second-order valence-corrected chi connectivity index (χ2v) is 14.0. The Morgan fingerprint density at radius 1 is 0.853 bits per heavy atom. The van der Waals surface area contributed by atoms with E-state index >= 15 is 0 Å². The Balaban J connectivity index is 1.53. The SMILES string of the molecule is CCCCCCCC[C@H]1CC[C@@]2(C)C3=C(CC[C@]12C)[C@@]1(C)CC[C@H](OC(C)=O)C(C)(C)C1CC3. The number of hydrogen-bond donors (Lipinski definition) is 0. The molecule has 1 unspecified atom stereocenters. The zero-order valence-electron chi connectivity index (χ0n) is 23.7. The van der Waals surface area contributed by atoms with Crippen molar-refractivity contribution in [2.24, 2.45) is 33.5 Å². The second kappa shape index (κ2) is 9.59.